The number of hydrogen-bond acceptors (Lipinski definition) is 3. The maximum absolute atomic E-state index is 12.3. The molecule has 0 N–H and O–H groups in total. The van der Waals surface area contributed by atoms with E-state index in [1.165, 1.54) is 12.3 Å². The first-order valence-corrected chi connectivity index (χ1v) is 7.68. The van der Waals surface area contributed by atoms with Gasteiger partial charge in [0.25, 0.3) is 5.56 Å². The summed E-state index contributed by atoms with van der Waals surface area (Å²) in [6, 6.07) is 1.49. The van der Waals surface area contributed by atoms with Gasteiger partial charge < -0.3 is 4.90 Å². The van der Waals surface area contributed by atoms with E-state index >= 15 is 0 Å². The van der Waals surface area contributed by atoms with Crippen molar-refractivity contribution in [3.8, 4) is 0 Å². The van der Waals surface area contributed by atoms with Crippen molar-refractivity contribution in [2.75, 3.05) is 13.1 Å². The van der Waals surface area contributed by atoms with Gasteiger partial charge in [-0.05, 0) is 31.6 Å². The van der Waals surface area contributed by atoms with E-state index in [1.54, 1.807) is 10.9 Å². The minimum atomic E-state index is 0.000496. The highest BCUT2D eigenvalue weighted by molar-refractivity contribution is 5.79. The van der Waals surface area contributed by atoms with Crippen LogP contribution in [0.15, 0.2) is 35.5 Å². The summed E-state index contributed by atoms with van der Waals surface area (Å²) in [4.78, 5) is 30.0. The van der Waals surface area contributed by atoms with E-state index in [1.807, 2.05) is 4.90 Å². The van der Waals surface area contributed by atoms with Crippen LogP contribution in [-0.4, -0.2) is 33.4 Å². The Labute approximate surface area is 124 Å². The lowest BCUT2D eigenvalue weighted by molar-refractivity contribution is -0.136. The highest BCUT2D eigenvalue weighted by Gasteiger charge is 2.28. The van der Waals surface area contributed by atoms with Gasteiger partial charge in [-0.1, -0.05) is 12.2 Å². The maximum Gasteiger partial charge on any atom is 0.253 e. The molecule has 0 radical (unpaired) electrons. The van der Waals surface area contributed by atoms with Gasteiger partial charge in [0.2, 0.25) is 5.91 Å². The van der Waals surface area contributed by atoms with Crippen molar-refractivity contribution < 1.29 is 4.79 Å². The molecule has 5 nitrogen and oxygen atoms in total. The van der Waals surface area contributed by atoms with Crippen molar-refractivity contribution in [3.63, 3.8) is 0 Å². The smallest absolute Gasteiger partial charge is 0.253 e. The fourth-order valence-electron chi connectivity index (χ4n) is 3.21. The Morgan fingerprint density at radius 2 is 1.95 bits per heavy atom. The van der Waals surface area contributed by atoms with Gasteiger partial charge in [-0.3, -0.25) is 14.2 Å². The molecule has 3 rings (SSSR count). The first-order chi connectivity index (χ1) is 10.2. The highest BCUT2D eigenvalue weighted by Crippen LogP contribution is 2.24. The first-order valence-electron chi connectivity index (χ1n) is 7.68. The lowest BCUT2D eigenvalue weighted by atomic mass is 9.95. The van der Waals surface area contributed by atoms with Gasteiger partial charge in [0.1, 0.15) is 0 Å². The average molecular weight is 287 g/mol. The summed E-state index contributed by atoms with van der Waals surface area (Å²) in [6.07, 6.45) is 11.0. The molecule has 2 aliphatic rings. The van der Waals surface area contributed by atoms with Crippen LogP contribution in [0.25, 0.3) is 0 Å². The Kier molecular flexibility index (Phi) is 4.18. The van der Waals surface area contributed by atoms with Crippen LogP contribution in [0.1, 0.15) is 25.7 Å². The number of hydrogen-bond donors (Lipinski definition) is 0. The largest absolute Gasteiger partial charge is 0.342 e. The number of carbonyl (C=O) groups excluding carboxylic acids is 1. The average Bonchev–Trinajstić information content (AvgIpc) is 3.04. The zero-order valence-corrected chi connectivity index (χ0v) is 12.1. The fraction of sp³-hybridized carbons (Fsp3) is 0.562. The van der Waals surface area contributed by atoms with E-state index in [0.717, 1.165) is 38.8 Å². The van der Waals surface area contributed by atoms with Crippen molar-refractivity contribution in [1.29, 1.82) is 0 Å². The second-order valence-corrected chi connectivity index (χ2v) is 5.98. The monoisotopic (exact) mass is 287 g/mol. The summed E-state index contributed by atoms with van der Waals surface area (Å²) in [5.41, 5.74) is 0.000496. The summed E-state index contributed by atoms with van der Waals surface area (Å²) >= 11 is 0. The number of aromatic nitrogens is 2. The maximum atomic E-state index is 12.3. The van der Waals surface area contributed by atoms with Crippen molar-refractivity contribution in [2.45, 2.75) is 32.2 Å². The SMILES string of the molecule is O=C(C1CC=CC1)N1CCC(Cn2cnccc2=O)CC1. The number of amides is 1. The summed E-state index contributed by atoms with van der Waals surface area (Å²) in [7, 11) is 0. The van der Waals surface area contributed by atoms with Crippen LogP contribution in [0.5, 0.6) is 0 Å². The molecule has 5 heteroatoms. The summed E-state index contributed by atoms with van der Waals surface area (Å²) in [5.74, 6) is 0.928. The van der Waals surface area contributed by atoms with Gasteiger partial charge in [0, 0.05) is 37.8 Å². The molecule has 1 aromatic rings. The van der Waals surface area contributed by atoms with E-state index in [0.29, 0.717) is 18.4 Å². The number of rotatable bonds is 3. The molecule has 0 atom stereocenters. The fourth-order valence-corrected chi connectivity index (χ4v) is 3.21. The topological polar surface area (TPSA) is 55.2 Å². The van der Waals surface area contributed by atoms with Crippen LogP contribution in [0.4, 0.5) is 0 Å². The first kappa shape index (κ1) is 14.0. The minimum absolute atomic E-state index is 0.000496. The van der Waals surface area contributed by atoms with E-state index in [4.69, 9.17) is 0 Å². The van der Waals surface area contributed by atoms with Crippen LogP contribution < -0.4 is 5.56 Å². The molecule has 2 heterocycles. The Bertz CT molecular complexity index is 577. The lowest BCUT2D eigenvalue weighted by Gasteiger charge is -2.33. The van der Waals surface area contributed by atoms with E-state index in [9.17, 15) is 9.59 Å². The molecule has 112 valence electrons. The Morgan fingerprint density at radius 3 is 2.62 bits per heavy atom. The molecule has 1 aromatic heterocycles. The second-order valence-electron chi connectivity index (χ2n) is 5.98. The summed E-state index contributed by atoms with van der Waals surface area (Å²) < 4.78 is 1.67. The van der Waals surface area contributed by atoms with Crippen molar-refractivity contribution in [2.24, 2.45) is 11.8 Å². The number of piperidine rings is 1. The Hall–Kier alpha value is -1.91. The molecule has 1 aliphatic heterocycles. The number of likely N-dealkylation sites (tertiary alicyclic amines) is 1. The quantitative estimate of drug-likeness (QED) is 0.791. The summed E-state index contributed by atoms with van der Waals surface area (Å²) in [6.45, 7) is 2.34. The molecule has 21 heavy (non-hydrogen) atoms. The van der Waals surface area contributed by atoms with Crippen LogP contribution in [0, 0.1) is 11.8 Å². The molecule has 1 saturated heterocycles. The molecular formula is C16H21N3O2. The molecule has 0 bridgehead atoms. The summed E-state index contributed by atoms with van der Waals surface area (Å²) in [5, 5.41) is 0. The van der Waals surface area contributed by atoms with E-state index in [-0.39, 0.29) is 11.5 Å². The number of nitrogens with zero attached hydrogens (tertiary/aromatic N) is 3. The standard InChI is InChI=1S/C16H21N3O2/c20-15-5-8-17-12-19(15)11-13-6-9-18(10-7-13)16(21)14-3-1-2-4-14/h1-2,5,8,12-14H,3-4,6-7,9-11H2. The molecule has 1 aliphatic carbocycles. The van der Waals surface area contributed by atoms with E-state index < -0.39 is 0 Å². The van der Waals surface area contributed by atoms with E-state index in [2.05, 4.69) is 17.1 Å². The van der Waals surface area contributed by atoms with Gasteiger partial charge in [-0.25, -0.2) is 4.98 Å². The lowest BCUT2D eigenvalue weighted by Crippen LogP contribution is -2.42. The van der Waals surface area contributed by atoms with Crippen LogP contribution in [-0.2, 0) is 11.3 Å². The van der Waals surface area contributed by atoms with Gasteiger partial charge in [-0.2, -0.15) is 0 Å². The molecule has 1 amide bonds. The third-order valence-corrected chi connectivity index (χ3v) is 4.53. The number of allylic oxidation sites excluding steroid dienone is 2. The zero-order valence-electron chi connectivity index (χ0n) is 12.1. The molecule has 0 aromatic carbocycles. The number of carbonyl (C=O) groups is 1. The Morgan fingerprint density at radius 1 is 1.24 bits per heavy atom. The van der Waals surface area contributed by atoms with Crippen LogP contribution in [0.3, 0.4) is 0 Å². The zero-order chi connectivity index (χ0) is 14.7. The third kappa shape index (κ3) is 3.23. The van der Waals surface area contributed by atoms with Gasteiger partial charge in [-0.15, -0.1) is 0 Å². The van der Waals surface area contributed by atoms with Gasteiger partial charge >= 0.3 is 0 Å². The van der Waals surface area contributed by atoms with Gasteiger partial charge in [0.05, 0.1) is 6.33 Å². The predicted octanol–water partition coefficient (Wildman–Crippen LogP) is 1.45. The van der Waals surface area contributed by atoms with Crippen LogP contribution in [0.2, 0.25) is 0 Å². The molecule has 1 fully saturated rings. The van der Waals surface area contributed by atoms with Crippen molar-refractivity contribution >= 4 is 5.91 Å². The van der Waals surface area contributed by atoms with Crippen LogP contribution >= 0.6 is 0 Å². The molecule has 0 spiro atoms. The molecular weight excluding hydrogens is 266 g/mol. The highest BCUT2D eigenvalue weighted by atomic mass is 16.2. The van der Waals surface area contributed by atoms with Crippen molar-refractivity contribution in [3.05, 3.63) is 41.1 Å². The predicted molar refractivity (Wildman–Crippen MR) is 79.7 cm³/mol. The molecule has 0 saturated carbocycles. The second kappa shape index (κ2) is 6.24. The molecule has 0 unspecified atom stereocenters. The Balaban J connectivity index is 1.52. The normalized spacial score (nSPS) is 20.1. The minimum Gasteiger partial charge on any atom is -0.342 e. The van der Waals surface area contributed by atoms with Crippen molar-refractivity contribution in [1.82, 2.24) is 14.5 Å². The third-order valence-electron chi connectivity index (χ3n) is 4.53. The van der Waals surface area contributed by atoms with Gasteiger partial charge in [0.15, 0.2) is 0 Å².